The Bertz CT molecular complexity index is 955. The average Bonchev–Trinajstić information content (AvgIpc) is 3.30. The highest BCUT2D eigenvalue weighted by Crippen LogP contribution is 2.29. The van der Waals surface area contributed by atoms with Gasteiger partial charge in [-0.15, -0.1) is 0 Å². The number of nitrogens with zero attached hydrogens (tertiary/aromatic N) is 3. The first-order valence-corrected chi connectivity index (χ1v) is 9.02. The number of aryl methyl sites for hydroxylation is 1. The molecule has 1 aliphatic heterocycles. The van der Waals surface area contributed by atoms with Gasteiger partial charge in [-0.1, -0.05) is 35.5 Å². The molecule has 138 valence electrons. The fraction of sp³-hybridized carbons (Fsp3) is 0.286. The van der Waals surface area contributed by atoms with Crippen LogP contribution in [0.3, 0.4) is 0 Å². The average molecular weight is 365 g/mol. The monoisotopic (exact) mass is 365 g/mol. The van der Waals surface area contributed by atoms with Gasteiger partial charge < -0.3 is 9.42 Å². The first-order chi connectivity index (χ1) is 13.1. The van der Waals surface area contributed by atoms with Crippen LogP contribution < -0.4 is 0 Å². The van der Waals surface area contributed by atoms with Gasteiger partial charge in [0, 0.05) is 25.1 Å². The van der Waals surface area contributed by atoms with Crippen molar-refractivity contribution in [2.24, 2.45) is 0 Å². The van der Waals surface area contributed by atoms with Crippen LogP contribution in [0.4, 0.5) is 4.39 Å². The van der Waals surface area contributed by atoms with Crippen LogP contribution in [0.25, 0.3) is 11.4 Å². The van der Waals surface area contributed by atoms with Crippen LogP contribution in [0.5, 0.6) is 0 Å². The highest BCUT2D eigenvalue weighted by molar-refractivity contribution is 5.79. The van der Waals surface area contributed by atoms with E-state index in [9.17, 15) is 9.18 Å². The normalized spacial score (nSPS) is 16.9. The minimum atomic E-state index is -0.266. The summed E-state index contributed by atoms with van der Waals surface area (Å²) in [6.07, 6.45) is 1.20. The predicted molar refractivity (Wildman–Crippen MR) is 98.5 cm³/mol. The summed E-state index contributed by atoms with van der Waals surface area (Å²) in [5.74, 6) is 0.619. The molecule has 1 unspecified atom stereocenters. The van der Waals surface area contributed by atoms with Gasteiger partial charge in [-0.3, -0.25) is 4.79 Å². The van der Waals surface area contributed by atoms with Crippen molar-refractivity contribution >= 4 is 5.91 Å². The Morgan fingerprint density at radius 2 is 2.04 bits per heavy atom. The lowest BCUT2D eigenvalue weighted by molar-refractivity contribution is -0.127. The second kappa shape index (κ2) is 7.31. The van der Waals surface area contributed by atoms with Crippen molar-refractivity contribution < 1.29 is 13.7 Å². The lowest BCUT2D eigenvalue weighted by Crippen LogP contribution is -2.27. The molecule has 3 aromatic rings. The summed E-state index contributed by atoms with van der Waals surface area (Å²) in [4.78, 5) is 18.6. The molecule has 0 N–H and O–H groups in total. The number of halogens is 1. The lowest BCUT2D eigenvalue weighted by Gasteiger charge is -2.15. The molecule has 0 spiro atoms. The third-order valence-corrected chi connectivity index (χ3v) is 4.93. The van der Waals surface area contributed by atoms with Crippen LogP contribution in [0.2, 0.25) is 0 Å². The molecule has 1 amide bonds. The molecule has 5 nitrogen and oxygen atoms in total. The highest BCUT2D eigenvalue weighted by atomic mass is 19.1. The molecule has 1 saturated heterocycles. The molecule has 1 aliphatic rings. The van der Waals surface area contributed by atoms with Gasteiger partial charge in [0.1, 0.15) is 5.82 Å². The van der Waals surface area contributed by atoms with Gasteiger partial charge in [0.2, 0.25) is 17.6 Å². The van der Waals surface area contributed by atoms with E-state index in [0.29, 0.717) is 42.4 Å². The number of hydrogen-bond donors (Lipinski definition) is 0. The number of likely N-dealkylation sites (tertiary alicyclic amines) is 1. The third kappa shape index (κ3) is 3.74. The quantitative estimate of drug-likeness (QED) is 0.691. The van der Waals surface area contributed by atoms with Crippen LogP contribution in [0, 0.1) is 12.7 Å². The van der Waals surface area contributed by atoms with Crippen molar-refractivity contribution in [2.45, 2.75) is 25.7 Å². The fourth-order valence-electron chi connectivity index (χ4n) is 3.36. The molecular formula is C21H20FN3O2. The number of rotatable bonds is 5. The van der Waals surface area contributed by atoms with Gasteiger partial charge in [0.05, 0.1) is 5.92 Å². The molecule has 2 heterocycles. The van der Waals surface area contributed by atoms with E-state index in [4.69, 9.17) is 4.52 Å². The third-order valence-electron chi connectivity index (χ3n) is 4.93. The Balaban J connectivity index is 1.43. The number of aromatic nitrogens is 2. The molecule has 1 fully saturated rings. The van der Waals surface area contributed by atoms with Crippen molar-refractivity contribution in [1.29, 1.82) is 0 Å². The summed E-state index contributed by atoms with van der Waals surface area (Å²) >= 11 is 0. The largest absolute Gasteiger partial charge is 0.342 e. The zero-order valence-electron chi connectivity index (χ0n) is 15.1. The number of amides is 1. The zero-order valence-corrected chi connectivity index (χ0v) is 15.1. The molecule has 1 aromatic heterocycles. The second-order valence-electron chi connectivity index (χ2n) is 6.90. The summed E-state index contributed by atoms with van der Waals surface area (Å²) in [6, 6.07) is 14.8. The van der Waals surface area contributed by atoms with Crippen molar-refractivity contribution in [2.75, 3.05) is 13.1 Å². The standard InChI is InChI=1S/C21H20FN3O2/c1-14-11-16(7-8-18(14)22)20-23-21(27-24-20)17-12-19(26)25(13-17)10-9-15-5-3-2-4-6-15/h2-8,11,17H,9-10,12-13H2,1H3. The van der Waals surface area contributed by atoms with Crippen molar-refractivity contribution in [3.8, 4) is 11.4 Å². The van der Waals surface area contributed by atoms with E-state index in [1.54, 1.807) is 19.1 Å². The first kappa shape index (κ1) is 17.4. The lowest BCUT2D eigenvalue weighted by atomic mass is 10.1. The number of hydrogen-bond acceptors (Lipinski definition) is 4. The minimum absolute atomic E-state index is 0.101. The maximum absolute atomic E-state index is 13.4. The van der Waals surface area contributed by atoms with Crippen molar-refractivity contribution in [3.05, 3.63) is 71.4 Å². The van der Waals surface area contributed by atoms with E-state index in [0.717, 1.165) is 6.42 Å². The second-order valence-corrected chi connectivity index (χ2v) is 6.90. The Morgan fingerprint density at radius 1 is 1.22 bits per heavy atom. The minimum Gasteiger partial charge on any atom is -0.342 e. The number of benzene rings is 2. The van der Waals surface area contributed by atoms with Gasteiger partial charge in [0.25, 0.3) is 0 Å². The molecule has 0 bridgehead atoms. The predicted octanol–water partition coefficient (Wildman–Crippen LogP) is 3.74. The Morgan fingerprint density at radius 3 is 2.81 bits per heavy atom. The van der Waals surface area contributed by atoms with Crippen LogP contribution in [0.15, 0.2) is 53.1 Å². The van der Waals surface area contributed by atoms with E-state index in [-0.39, 0.29) is 17.6 Å². The van der Waals surface area contributed by atoms with Crippen LogP contribution in [-0.2, 0) is 11.2 Å². The zero-order chi connectivity index (χ0) is 18.8. The van der Waals surface area contributed by atoms with E-state index in [1.807, 2.05) is 23.1 Å². The molecule has 0 saturated carbocycles. The van der Waals surface area contributed by atoms with Gasteiger partial charge in [-0.2, -0.15) is 4.98 Å². The van der Waals surface area contributed by atoms with Crippen LogP contribution in [-0.4, -0.2) is 34.0 Å². The highest BCUT2D eigenvalue weighted by Gasteiger charge is 2.34. The summed E-state index contributed by atoms with van der Waals surface area (Å²) in [5, 5.41) is 4.01. The van der Waals surface area contributed by atoms with E-state index in [1.165, 1.54) is 11.6 Å². The molecule has 4 rings (SSSR count). The molecule has 0 radical (unpaired) electrons. The number of carbonyl (C=O) groups is 1. The van der Waals surface area contributed by atoms with Crippen molar-refractivity contribution in [1.82, 2.24) is 15.0 Å². The summed E-state index contributed by atoms with van der Waals surface area (Å²) in [6.45, 7) is 2.95. The van der Waals surface area contributed by atoms with Gasteiger partial charge >= 0.3 is 0 Å². The molecule has 1 atom stereocenters. The maximum atomic E-state index is 13.4. The SMILES string of the molecule is Cc1cc(-c2noc(C3CC(=O)N(CCc4ccccc4)C3)n2)ccc1F. The van der Waals surface area contributed by atoms with Crippen LogP contribution >= 0.6 is 0 Å². The number of carbonyl (C=O) groups excluding carboxylic acids is 1. The molecule has 27 heavy (non-hydrogen) atoms. The summed E-state index contributed by atoms with van der Waals surface area (Å²) < 4.78 is 18.8. The Labute approximate surface area is 156 Å². The van der Waals surface area contributed by atoms with E-state index >= 15 is 0 Å². The molecular weight excluding hydrogens is 345 g/mol. The van der Waals surface area contributed by atoms with Gasteiger partial charge in [0.15, 0.2) is 0 Å². The topological polar surface area (TPSA) is 59.2 Å². The summed E-state index contributed by atoms with van der Waals surface area (Å²) in [5.41, 5.74) is 2.44. The van der Waals surface area contributed by atoms with Gasteiger partial charge in [-0.05, 0) is 42.7 Å². The van der Waals surface area contributed by atoms with E-state index < -0.39 is 0 Å². The van der Waals surface area contributed by atoms with Crippen LogP contribution in [0.1, 0.15) is 29.4 Å². The van der Waals surface area contributed by atoms with Gasteiger partial charge in [-0.25, -0.2) is 4.39 Å². The summed E-state index contributed by atoms with van der Waals surface area (Å²) in [7, 11) is 0. The van der Waals surface area contributed by atoms with Crippen molar-refractivity contribution in [3.63, 3.8) is 0 Å². The first-order valence-electron chi connectivity index (χ1n) is 9.02. The molecule has 2 aromatic carbocycles. The Kier molecular flexibility index (Phi) is 4.71. The Hall–Kier alpha value is -3.02. The smallest absolute Gasteiger partial charge is 0.232 e. The fourth-order valence-corrected chi connectivity index (χ4v) is 3.36. The molecule has 6 heteroatoms. The van der Waals surface area contributed by atoms with E-state index in [2.05, 4.69) is 22.3 Å². The molecule has 0 aliphatic carbocycles. The maximum Gasteiger partial charge on any atom is 0.232 e.